The van der Waals surface area contributed by atoms with Crippen LogP contribution in [0.2, 0.25) is 19.6 Å². The standard InChI is InChI=1S/C13H26OSi/c1-15(2,3)14-10-13-11-8-6-4-5-7-9-12(11)13/h11-13H,4-10H2,1-3H3/t11-,12+,13?. The highest BCUT2D eigenvalue weighted by molar-refractivity contribution is 6.69. The summed E-state index contributed by atoms with van der Waals surface area (Å²) in [6.07, 6.45) is 8.89. The zero-order chi connectivity index (χ0) is 10.9. The van der Waals surface area contributed by atoms with Crippen molar-refractivity contribution in [2.24, 2.45) is 17.8 Å². The first kappa shape index (κ1) is 11.7. The van der Waals surface area contributed by atoms with Crippen LogP contribution in [0.25, 0.3) is 0 Å². The van der Waals surface area contributed by atoms with Crippen LogP contribution in [0.15, 0.2) is 0 Å². The predicted octanol–water partition coefficient (Wildman–Crippen LogP) is 4.05. The van der Waals surface area contributed by atoms with Crippen LogP contribution in [-0.4, -0.2) is 14.9 Å². The number of fused-ring (bicyclic) bond motifs is 1. The van der Waals surface area contributed by atoms with E-state index in [1.807, 2.05) is 0 Å². The Labute approximate surface area is 95.7 Å². The van der Waals surface area contributed by atoms with Gasteiger partial charge in [-0.15, -0.1) is 0 Å². The second kappa shape index (κ2) is 4.58. The van der Waals surface area contributed by atoms with Crippen molar-refractivity contribution in [2.75, 3.05) is 6.61 Å². The van der Waals surface area contributed by atoms with Gasteiger partial charge in [0.25, 0.3) is 0 Å². The van der Waals surface area contributed by atoms with Crippen molar-refractivity contribution in [1.82, 2.24) is 0 Å². The maximum atomic E-state index is 6.07. The molecular weight excluding hydrogens is 200 g/mol. The SMILES string of the molecule is C[Si](C)(C)OCC1[C@H]2CCCCCC[C@@H]12. The first-order valence-corrected chi connectivity index (χ1v) is 10.1. The van der Waals surface area contributed by atoms with Gasteiger partial charge in [0, 0.05) is 6.61 Å². The Balaban J connectivity index is 1.75. The lowest BCUT2D eigenvalue weighted by molar-refractivity contribution is 0.278. The molecule has 0 spiro atoms. The second-order valence-electron chi connectivity index (χ2n) is 6.41. The maximum Gasteiger partial charge on any atom is 0.183 e. The smallest absolute Gasteiger partial charge is 0.183 e. The molecule has 1 nitrogen and oxygen atoms in total. The fraction of sp³-hybridized carbons (Fsp3) is 1.00. The lowest BCUT2D eigenvalue weighted by atomic mass is 10.0. The van der Waals surface area contributed by atoms with Gasteiger partial charge in [-0.3, -0.25) is 0 Å². The molecule has 3 atom stereocenters. The van der Waals surface area contributed by atoms with Gasteiger partial charge in [-0.25, -0.2) is 0 Å². The van der Waals surface area contributed by atoms with E-state index in [1.165, 1.54) is 38.5 Å². The zero-order valence-electron chi connectivity index (χ0n) is 10.6. The third kappa shape index (κ3) is 3.32. The van der Waals surface area contributed by atoms with E-state index >= 15 is 0 Å². The fourth-order valence-electron chi connectivity index (χ4n) is 3.09. The molecule has 2 fully saturated rings. The first-order chi connectivity index (χ1) is 7.08. The van der Waals surface area contributed by atoms with Crippen molar-refractivity contribution in [2.45, 2.75) is 58.2 Å². The van der Waals surface area contributed by atoms with E-state index in [1.54, 1.807) is 0 Å². The van der Waals surface area contributed by atoms with Gasteiger partial charge in [-0.2, -0.15) is 0 Å². The molecule has 88 valence electrons. The summed E-state index contributed by atoms with van der Waals surface area (Å²) in [5, 5.41) is 0. The minimum Gasteiger partial charge on any atom is -0.417 e. The quantitative estimate of drug-likeness (QED) is 0.660. The Hall–Kier alpha value is 0.177. The van der Waals surface area contributed by atoms with Crippen LogP contribution in [0, 0.1) is 17.8 Å². The highest BCUT2D eigenvalue weighted by atomic mass is 28.4. The lowest BCUT2D eigenvalue weighted by Gasteiger charge is -2.17. The average Bonchev–Trinajstić information content (AvgIpc) is 2.71. The molecule has 15 heavy (non-hydrogen) atoms. The van der Waals surface area contributed by atoms with Gasteiger partial charge >= 0.3 is 0 Å². The summed E-state index contributed by atoms with van der Waals surface area (Å²) in [6, 6.07) is 0. The van der Waals surface area contributed by atoms with E-state index in [-0.39, 0.29) is 0 Å². The summed E-state index contributed by atoms with van der Waals surface area (Å²) < 4.78 is 6.07. The molecule has 0 aliphatic heterocycles. The normalized spacial score (nSPS) is 36.6. The Morgan fingerprint density at radius 1 is 0.933 bits per heavy atom. The fourth-order valence-corrected chi connectivity index (χ4v) is 3.78. The molecule has 0 saturated heterocycles. The minimum atomic E-state index is -1.27. The van der Waals surface area contributed by atoms with Gasteiger partial charge in [-0.05, 0) is 50.2 Å². The Morgan fingerprint density at radius 3 is 1.93 bits per heavy atom. The zero-order valence-corrected chi connectivity index (χ0v) is 11.6. The van der Waals surface area contributed by atoms with Crippen molar-refractivity contribution in [3.8, 4) is 0 Å². The molecule has 2 saturated carbocycles. The molecular formula is C13H26OSi. The number of hydrogen-bond acceptors (Lipinski definition) is 1. The van der Waals surface area contributed by atoms with Gasteiger partial charge < -0.3 is 4.43 Å². The molecule has 0 aromatic carbocycles. The molecule has 2 aliphatic carbocycles. The van der Waals surface area contributed by atoms with Crippen LogP contribution in [0.3, 0.4) is 0 Å². The topological polar surface area (TPSA) is 9.23 Å². The number of rotatable bonds is 3. The first-order valence-electron chi connectivity index (χ1n) is 6.72. The van der Waals surface area contributed by atoms with Crippen molar-refractivity contribution in [1.29, 1.82) is 0 Å². The highest BCUT2D eigenvalue weighted by Gasteiger charge is 2.49. The van der Waals surface area contributed by atoms with Gasteiger partial charge in [0.15, 0.2) is 8.32 Å². The summed E-state index contributed by atoms with van der Waals surface area (Å²) in [6.45, 7) is 7.98. The van der Waals surface area contributed by atoms with Crippen molar-refractivity contribution < 1.29 is 4.43 Å². The monoisotopic (exact) mass is 226 g/mol. The van der Waals surface area contributed by atoms with Crippen LogP contribution < -0.4 is 0 Å². The van der Waals surface area contributed by atoms with Crippen LogP contribution in [0.4, 0.5) is 0 Å². The maximum absolute atomic E-state index is 6.07. The second-order valence-corrected chi connectivity index (χ2v) is 10.9. The largest absolute Gasteiger partial charge is 0.417 e. The molecule has 0 aromatic heterocycles. The van der Waals surface area contributed by atoms with Crippen LogP contribution in [0.5, 0.6) is 0 Å². The van der Waals surface area contributed by atoms with Gasteiger partial charge in [-0.1, -0.05) is 25.7 Å². The Kier molecular flexibility index (Phi) is 3.56. The van der Waals surface area contributed by atoms with Crippen molar-refractivity contribution >= 4 is 8.32 Å². The summed E-state index contributed by atoms with van der Waals surface area (Å²) in [5.41, 5.74) is 0. The van der Waals surface area contributed by atoms with Crippen LogP contribution >= 0.6 is 0 Å². The van der Waals surface area contributed by atoms with E-state index in [0.717, 1.165) is 24.4 Å². The lowest BCUT2D eigenvalue weighted by Crippen LogP contribution is -2.26. The molecule has 0 heterocycles. The van der Waals surface area contributed by atoms with Crippen molar-refractivity contribution in [3.63, 3.8) is 0 Å². The summed E-state index contributed by atoms with van der Waals surface area (Å²) in [7, 11) is -1.27. The van der Waals surface area contributed by atoms with Gasteiger partial charge in [0.2, 0.25) is 0 Å². The Morgan fingerprint density at radius 2 is 1.47 bits per heavy atom. The average molecular weight is 226 g/mol. The van der Waals surface area contributed by atoms with Crippen molar-refractivity contribution in [3.05, 3.63) is 0 Å². The molecule has 0 bridgehead atoms. The molecule has 2 aliphatic rings. The summed E-state index contributed by atoms with van der Waals surface area (Å²) >= 11 is 0. The molecule has 2 rings (SSSR count). The van der Waals surface area contributed by atoms with Gasteiger partial charge in [0.05, 0.1) is 0 Å². The molecule has 0 amide bonds. The van der Waals surface area contributed by atoms with Crippen LogP contribution in [0.1, 0.15) is 38.5 Å². The van der Waals surface area contributed by atoms with Gasteiger partial charge in [0.1, 0.15) is 0 Å². The van der Waals surface area contributed by atoms with E-state index < -0.39 is 8.32 Å². The molecule has 0 N–H and O–H groups in total. The summed E-state index contributed by atoms with van der Waals surface area (Å²) in [5.74, 6) is 3.03. The molecule has 1 unspecified atom stereocenters. The van der Waals surface area contributed by atoms with E-state index in [9.17, 15) is 0 Å². The Bertz CT molecular complexity index is 195. The number of hydrogen-bond donors (Lipinski definition) is 0. The highest BCUT2D eigenvalue weighted by Crippen LogP contribution is 2.53. The molecule has 0 radical (unpaired) electrons. The van der Waals surface area contributed by atoms with E-state index in [0.29, 0.717) is 0 Å². The minimum absolute atomic E-state index is 0.940. The van der Waals surface area contributed by atoms with Crippen LogP contribution in [-0.2, 0) is 4.43 Å². The van der Waals surface area contributed by atoms with E-state index in [4.69, 9.17) is 4.43 Å². The van der Waals surface area contributed by atoms with E-state index in [2.05, 4.69) is 19.6 Å². The predicted molar refractivity (Wildman–Crippen MR) is 67.5 cm³/mol. The third-order valence-corrected chi connectivity index (χ3v) is 5.08. The molecule has 2 heteroatoms. The third-order valence-electron chi connectivity index (χ3n) is 4.04. The summed E-state index contributed by atoms with van der Waals surface area (Å²) in [4.78, 5) is 0. The molecule has 0 aromatic rings.